The zero-order valence-electron chi connectivity index (χ0n) is 13.6. The highest BCUT2D eigenvalue weighted by Gasteiger charge is 2.31. The molecule has 0 radical (unpaired) electrons. The quantitative estimate of drug-likeness (QED) is 0.664. The number of hydrogen-bond acceptors (Lipinski definition) is 4. The normalized spacial score (nSPS) is 16.7. The monoisotopic (exact) mass is 368 g/mol. The third-order valence-electron chi connectivity index (χ3n) is 2.43. The third kappa shape index (κ3) is 6.52. The fourth-order valence-electron chi connectivity index (χ4n) is 1.86. The van der Waals surface area contributed by atoms with Gasteiger partial charge in [0, 0.05) is 13.1 Å². The van der Waals surface area contributed by atoms with Gasteiger partial charge in [-0.15, -0.1) is 0 Å². The van der Waals surface area contributed by atoms with Gasteiger partial charge < -0.3 is 0 Å². The van der Waals surface area contributed by atoms with Crippen LogP contribution in [0, 0.1) is 0 Å². The highest BCUT2D eigenvalue weighted by atomic mass is 32.3. The van der Waals surface area contributed by atoms with E-state index < -0.39 is 40.5 Å². The summed E-state index contributed by atoms with van der Waals surface area (Å²) < 4.78 is 50.3. The van der Waals surface area contributed by atoms with Gasteiger partial charge in [-0.25, -0.2) is 16.8 Å². The van der Waals surface area contributed by atoms with Crippen molar-refractivity contribution in [2.75, 3.05) is 63.1 Å². The van der Waals surface area contributed by atoms with E-state index in [0.717, 1.165) is 0 Å². The first kappa shape index (κ1) is 20.5. The van der Waals surface area contributed by atoms with E-state index in [9.17, 15) is 16.8 Å². The lowest BCUT2D eigenvalue weighted by atomic mass is 10.7. The first-order valence-electron chi connectivity index (χ1n) is 5.80. The molecule has 0 fully saturated rings. The van der Waals surface area contributed by atoms with Gasteiger partial charge in [-0.2, -0.15) is 27.8 Å². The average molecular weight is 369 g/mol. The highest BCUT2D eigenvalue weighted by molar-refractivity contribution is 8.34. The van der Waals surface area contributed by atoms with E-state index in [2.05, 4.69) is 0 Å². The van der Waals surface area contributed by atoms with Crippen LogP contribution in [0.5, 0.6) is 0 Å². The second-order valence-electron chi connectivity index (χ2n) is 6.12. The van der Waals surface area contributed by atoms with Crippen molar-refractivity contribution >= 4 is 40.5 Å². The lowest BCUT2D eigenvalue weighted by Gasteiger charge is -2.42. The lowest BCUT2D eigenvalue weighted by molar-refractivity contribution is 0.504. The van der Waals surface area contributed by atoms with E-state index in [1.54, 1.807) is 0 Å². The van der Waals surface area contributed by atoms with Crippen LogP contribution in [0.3, 0.4) is 0 Å². The fourth-order valence-corrected chi connectivity index (χ4v) is 10.4. The lowest BCUT2D eigenvalue weighted by Crippen LogP contribution is -2.41. The van der Waals surface area contributed by atoms with E-state index in [1.165, 1.54) is 19.9 Å². The Hall–Kier alpha value is 0.520. The molecule has 20 heavy (non-hydrogen) atoms. The maximum atomic E-state index is 11.9. The SMILES string of the molecule is CS(C)(C)N(CCN(S(C)(C)C)S(C)(=O)=O)S(C)(=O)=O. The molecular formula is C10H28N2O4S4. The molecule has 0 bridgehead atoms. The zero-order chi connectivity index (χ0) is 16.6. The van der Waals surface area contributed by atoms with Crippen molar-refractivity contribution in [2.24, 2.45) is 0 Å². The van der Waals surface area contributed by atoms with Crippen LogP contribution in [0.1, 0.15) is 0 Å². The van der Waals surface area contributed by atoms with Crippen molar-refractivity contribution in [3.8, 4) is 0 Å². The predicted octanol–water partition coefficient (Wildman–Crippen LogP) is 0.728. The van der Waals surface area contributed by atoms with Gasteiger partial charge >= 0.3 is 0 Å². The maximum Gasteiger partial charge on any atom is 0.219 e. The minimum Gasteiger partial charge on any atom is -0.212 e. The summed E-state index contributed by atoms with van der Waals surface area (Å²) >= 11 is 0. The van der Waals surface area contributed by atoms with Crippen LogP contribution in [0.25, 0.3) is 0 Å². The number of hydrogen-bond donors (Lipinski definition) is 0. The van der Waals surface area contributed by atoms with E-state index in [0.29, 0.717) is 0 Å². The van der Waals surface area contributed by atoms with Gasteiger partial charge in [-0.3, -0.25) is 0 Å². The summed E-state index contributed by atoms with van der Waals surface area (Å²) in [5.74, 6) is 0. The summed E-state index contributed by atoms with van der Waals surface area (Å²) in [5, 5.41) is 0. The van der Waals surface area contributed by atoms with Crippen molar-refractivity contribution in [2.45, 2.75) is 0 Å². The first-order chi connectivity index (χ1) is 8.47. The number of sulfonamides is 2. The van der Waals surface area contributed by atoms with Crippen LogP contribution >= 0.6 is 20.4 Å². The Balaban J connectivity index is 5.31. The van der Waals surface area contributed by atoms with Crippen molar-refractivity contribution in [3.05, 3.63) is 0 Å². The second kappa shape index (κ2) is 6.33. The molecule has 10 heteroatoms. The molecule has 0 rings (SSSR count). The van der Waals surface area contributed by atoms with Gasteiger partial charge in [0.25, 0.3) is 0 Å². The maximum absolute atomic E-state index is 11.9. The summed E-state index contributed by atoms with van der Waals surface area (Å²) in [7, 11) is -9.65. The Morgan fingerprint density at radius 3 is 0.850 bits per heavy atom. The molecule has 0 aromatic heterocycles. The largest absolute Gasteiger partial charge is 0.219 e. The topological polar surface area (TPSA) is 74.8 Å². The molecular weight excluding hydrogens is 340 g/mol. The Morgan fingerprint density at radius 1 is 0.550 bits per heavy atom. The molecule has 0 aliphatic rings. The standard InChI is InChI=1S/C10H28N2O4S4/c1-17(2,3)11(19(7,13)14)9-10-12(18(4,5)6)20(8,15)16/h9-10H2,1-8H3. The second-order valence-corrected chi connectivity index (χ2v) is 18.4. The summed E-state index contributed by atoms with van der Waals surface area (Å²) in [5.41, 5.74) is 0. The molecule has 6 nitrogen and oxygen atoms in total. The summed E-state index contributed by atoms with van der Waals surface area (Å²) in [6, 6.07) is 0. The predicted molar refractivity (Wildman–Crippen MR) is 93.8 cm³/mol. The minimum atomic E-state index is -3.35. The molecule has 0 saturated heterocycles. The van der Waals surface area contributed by atoms with Crippen LogP contribution in [0.4, 0.5) is 0 Å². The van der Waals surface area contributed by atoms with Crippen LogP contribution in [-0.4, -0.2) is 87.4 Å². The molecule has 0 spiro atoms. The summed E-state index contributed by atoms with van der Waals surface area (Å²) in [6.07, 6.45) is 13.6. The van der Waals surface area contributed by atoms with E-state index in [1.807, 2.05) is 37.5 Å². The van der Waals surface area contributed by atoms with E-state index >= 15 is 0 Å². The number of nitrogens with zero attached hydrogens (tertiary/aromatic N) is 2. The van der Waals surface area contributed by atoms with Gasteiger partial charge in [-0.05, 0) is 37.5 Å². The molecule has 0 amide bonds. The van der Waals surface area contributed by atoms with Crippen LogP contribution < -0.4 is 0 Å². The van der Waals surface area contributed by atoms with Gasteiger partial charge in [-0.1, -0.05) is 0 Å². The minimum absolute atomic E-state index is 0.189. The van der Waals surface area contributed by atoms with Crippen LogP contribution in [-0.2, 0) is 20.0 Å². The first-order valence-corrected chi connectivity index (χ1v) is 15.1. The Bertz CT molecular complexity index is 479. The Labute approximate surface area is 127 Å². The fraction of sp³-hybridized carbons (Fsp3) is 1.00. The Morgan fingerprint density at radius 2 is 0.750 bits per heavy atom. The molecule has 0 N–H and O–H groups in total. The van der Waals surface area contributed by atoms with Gasteiger partial charge in [0.05, 0.1) is 12.5 Å². The summed E-state index contributed by atoms with van der Waals surface area (Å²) in [6.45, 7) is 0.379. The molecule has 0 aromatic carbocycles. The van der Waals surface area contributed by atoms with Crippen LogP contribution in [0.15, 0.2) is 0 Å². The Kier molecular flexibility index (Phi) is 6.50. The van der Waals surface area contributed by atoms with Crippen molar-refractivity contribution < 1.29 is 16.8 Å². The van der Waals surface area contributed by atoms with Gasteiger partial charge in [0.2, 0.25) is 20.0 Å². The van der Waals surface area contributed by atoms with Gasteiger partial charge in [0.15, 0.2) is 0 Å². The average Bonchev–Trinajstić information content (AvgIpc) is 2.02. The number of rotatable bonds is 7. The van der Waals surface area contributed by atoms with Crippen LogP contribution in [0.2, 0.25) is 0 Å². The molecule has 0 aromatic rings. The molecule has 0 heterocycles. The van der Waals surface area contributed by atoms with Crippen molar-refractivity contribution in [1.29, 1.82) is 0 Å². The molecule has 126 valence electrons. The molecule has 0 aliphatic carbocycles. The third-order valence-corrected chi connectivity index (χ3v) is 11.4. The van der Waals surface area contributed by atoms with Crippen molar-refractivity contribution in [1.82, 2.24) is 7.42 Å². The molecule has 0 atom stereocenters. The van der Waals surface area contributed by atoms with E-state index in [4.69, 9.17) is 0 Å². The van der Waals surface area contributed by atoms with E-state index in [-0.39, 0.29) is 13.1 Å². The smallest absolute Gasteiger partial charge is 0.212 e. The molecule has 0 aliphatic heterocycles. The molecule has 0 unspecified atom stereocenters. The highest BCUT2D eigenvalue weighted by Crippen LogP contribution is 2.44. The molecule has 0 saturated carbocycles. The van der Waals surface area contributed by atoms with Gasteiger partial charge in [0.1, 0.15) is 0 Å². The van der Waals surface area contributed by atoms with Crippen molar-refractivity contribution in [3.63, 3.8) is 0 Å². The summed E-state index contributed by atoms with van der Waals surface area (Å²) in [4.78, 5) is 0. The zero-order valence-corrected chi connectivity index (χ0v) is 16.8.